The van der Waals surface area contributed by atoms with Crippen LogP contribution >= 0.6 is 11.3 Å². The number of benzene rings is 1. The van der Waals surface area contributed by atoms with Crippen molar-refractivity contribution in [2.75, 3.05) is 14.2 Å². The van der Waals surface area contributed by atoms with Crippen LogP contribution in [0.3, 0.4) is 0 Å². The van der Waals surface area contributed by atoms with E-state index in [2.05, 4.69) is 0 Å². The van der Waals surface area contributed by atoms with Crippen LogP contribution in [0.15, 0.2) is 18.2 Å². The van der Waals surface area contributed by atoms with E-state index in [0.717, 1.165) is 10.1 Å². The Hall–Kier alpha value is -1.88. The molecule has 0 spiro atoms. The SMILES string of the molecule is COc1cc2cc(C(=O)C[C@H](C)C(C)=O)sc2cc1OC. The van der Waals surface area contributed by atoms with Gasteiger partial charge in [0.05, 0.1) is 19.1 Å². The van der Waals surface area contributed by atoms with Gasteiger partial charge in [-0.05, 0) is 24.4 Å². The highest BCUT2D eigenvalue weighted by molar-refractivity contribution is 7.20. The number of Topliss-reactive ketones (excluding diaryl/α,β-unsaturated/α-hetero) is 2. The van der Waals surface area contributed by atoms with Gasteiger partial charge in [-0.1, -0.05) is 6.92 Å². The van der Waals surface area contributed by atoms with Gasteiger partial charge in [0.25, 0.3) is 0 Å². The third-order valence-corrected chi connectivity index (χ3v) is 4.62. The van der Waals surface area contributed by atoms with Crippen molar-refractivity contribution in [2.45, 2.75) is 20.3 Å². The summed E-state index contributed by atoms with van der Waals surface area (Å²) in [4.78, 5) is 24.2. The molecule has 0 aliphatic rings. The van der Waals surface area contributed by atoms with Crippen molar-refractivity contribution in [1.29, 1.82) is 0 Å². The highest BCUT2D eigenvalue weighted by Crippen LogP contribution is 2.36. The first-order chi connectivity index (χ1) is 9.96. The average molecular weight is 306 g/mol. The summed E-state index contributed by atoms with van der Waals surface area (Å²) in [5.74, 6) is 1.07. The molecule has 21 heavy (non-hydrogen) atoms. The van der Waals surface area contributed by atoms with Gasteiger partial charge in [0.1, 0.15) is 5.78 Å². The molecule has 0 N–H and O–H groups in total. The quantitative estimate of drug-likeness (QED) is 0.763. The van der Waals surface area contributed by atoms with Gasteiger partial charge in [-0.3, -0.25) is 9.59 Å². The van der Waals surface area contributed by atoms with E-state index in [1.54, 1.807) is 21.1 Å². The van der Waals surface area contributed by atoms with Crippen molar-refractivity contribution in [3.63, 3.8) is 0 Å². The molecule has 1 atom stereocenters. The second kappa shape index (κ2) is 6.26. The lowest BCUT2D eigenvalue weighted by Gasteiger charge is -2.06. The number of thiophene rings is 1. The van der Waals surface area contributed by atoms with Gasteiger partial charge < -0.3 is 9.47 Å². The van der Waals surface area contributed by atoms with Crippen LogP contribution in [-0.2, 0) is 4.79 Å². The molecule has 0 aliphatic carbocycles. The fraction of sp³-hybridized carbons (Fsp3) is 0.375. The van der Waals surface area contributed by atoms with Crippen molar-refractivity contribution in [3.8, 4) is 11.5 Å². The van der Waals surface area contributed by atoms with Gasteiger partial charge >= 0.3 is 0 Å². The van der Waals surface area contributed by atoms with Gasteiger partial charge in [0.2, 0.25) is 0 Å². The van der Waals surface area contributed by atoms with Crippen molar-refractivity contribution in [1.82, 2.24) is 0 Å². The predicted molar refractivity (Wildman–Crippen MR) is 83.7 cm³/mol. The summed E-state index contributed by atoms with van der Waals surface area (Å²) < 4.78 is 11.5. The Morgan fingerprint density at radius 2 is 1.76 bits per heavy atom. The van der Waals surface area contributed by atoms with E-state index in [0.29, 0.717) is 16.4 Å². The third kappa shape index (κ3) is 3.24. The molecule has 0 saturated heterocycles. The molecular formula is C16H18O4S. The fourth-order valence-corrected chi connectivity index (χ4v) is 3.05. The summed E-state index contributed by atoms with van der Waals surface area (Å²) in [6, 6.07) is 5.57. The standard InChI is InChI=1S/C16H18O4S/c1-9(10(2)17)5-12(18)16-7-11-6-13(19-3)14(20-4)8-15(11)21-16/h6-9H,5H2,1-4H3/t9-/m0/s1. The molecule has 1 aromatic carbocycles. The van der Waals surface area contributed by atoms with Gasteiger partial charge in [0, 0.05) is 23.1 Å². The number of ether oxygens (including phenoxy) is 2. The first-order valence-corrected chi connectivity index (χ1v) is 7.47. The Labute approximate surface area is 127 Å². The largest absolute Gasteiger partial charge is 0.493 e. The molecule has 1 aromatic heterocycles. The topological polar surface area (TPSA) is 52.6 Å². The van der Waals surface area contributed by atoms with Gasteiger partial charge in [0.15, 0.2) is 17.3 Å². The van der Waals surface area contributed by atoms with Crippen LogP contribution in [0.1, 0.15) is 29.9 Å². The second-order valence-electron chi connectivity index (χ2n) is 4.99. The minimum Gasteiger partial charge on any atom is -0.493 e. The Morgan fingerprint density at radius 1 is 1.14 bits per heavy atom. The van der Waals surface area contributed by atoms with E-state index >= 15 is 0 Å². The molecule has 0 fully saturated rings. The average Bonchev–Trinajstić information content (AvgIpc) is 2.88. The number of hydrogen-bond donors (Lipinski definition) is 0. The molecule has 0 bridgehead atoms. The normalized spacial score (nSPS) is 12.2. The van der Waals surface area contributed by atoms with Gasteiger partial charge in [-0.2, -0.15) is 0 Å². The van der Waals surface area contributed by atoms with Crippen molar-refractivity contribution < 1.29 is 19.1 Å². The predicted octanol–water partition coefficient (Wildman–Crippen LogP) is 3.72. The summed E-state index contributed by atoms with van der Waals surface area (Å²) in [7, 11) is 3.16. The van der Waals surface area contributed by atoms with E-state index in [-0.39, 0.29) is 23.9 Å². The summed E-state index contributed by atoms with van der Waals surface area (Å²) in [5.41, 5.74) is 0. The van der Waals surface area contributed by atoms with Crippen molar-refractivity contribution in [3.05, 3.63) is 23.1 Å². The van der Waals surface area contributed by atoms with Crippen LogP contribution in [0.5, 0.6) is 11.5 Å². The lowest BCUT2D eigenvalue weighted by atomic mass is 10.0. The number of ketones is 2. The molecule has 5 heteroatoms. The molecule has 0 saturated carbocycles. The lowest BCUT2D eigenvalue weighted by Crippen LogP contribution is -2.11. The van der Waals surface area contributed by atoms with Crippen LogP contribution in [0.25, 0.3) is 10.1 Å². The highest BCUT2D eigenvalue weighted by atomic mass is 32.1. The number of carbonyl (C=O) groups excluding carboxylic acids is 2. The van der Waals surface area contributed by atoms with Crippen LogP contribution in [-0.4, -0.2) is 25.8 Å². The van der Waals surface area contributed by atoms with Crippen molar-refractivity contribution >= 4 is 33.0 Å². The number of fused-ring (bicyclic) bond motifs is 1. The fourth-order valence-electron chi connectivity index (χ4n) is 2.03. The minimum atomic E-state index is -0.244. The monoisotopic (exact) mass is 306 g/mol. The lowest BCUT2D eigenvalue weighted by molar-refractivity contribution is -0.120. The minimum absolute atomic E-state index is 0.00293. The first kappa shape index (κ1) is 15.5. The molecule has 1 heterocycles. The van der Waals surface area contributed by atoms with Gasteiger partial charge in [-0.15, -0.1) is 11.3 Å². The number of rotatable bonds is 6. The highest BCUT2D eigenvalue weighted by Gasteiger charge is 2.18. The summed E-state index contributed by atoms with van der Waals surface area (Å²) in [6.45, 7) is 3.29. The molecule has 2 aromatic rings. The molecule has 0 radical (unpaired) electrons. The molecule has 2 rings (SSSR count). The van der Waals surface area contributed by atoms with E-state index in [1.165, 1.54) is 18.3 Å². The maximum absolute atomic E-state index is 12.2. The zero-order valence-electron chi connectivity index (χ0n) is 12.6. The Morgan fingerprint density at radius 3 is 2.33 bits per heavy atom. The Kier molecular flexibility index (Phi) is 4.63. The molecule has 112 valence electrons. The number of methoxy groups -OCH3 is 2. The second-order valence-corrected chi connectivity index (χ2v) is 6.08. The smallest absolute Gasteiger partial charge is 0.173 e. The molecule has 0 aliphatic heterocycles. The zero-order valence-corrected chi connectivity index (χ0v) is 13.4. The zero-order chi connectivity index (χ0) is 15.6. The summed E-state index contributed by atoms with van der Waals surface area (Å²) in [6.07, 6.45) is 0.246. The molecule has 4 nitrogen and oxygen atoms in total. The van der Waals surface area contributed by atoms with Crippen LogP contribution in [0, 0.1) is 5.92 Å². The molecule has 0 unspecified atom stereocenters. The maximum Gasteiger partial charge on any atom is 0.173 e. The van der Waals surface area contributed by atoms with E-state index < -0.39 is 0 Å². The van der Waals surface area contributed by atoms with E-state index in [9.17, 15) is 9.59 Å². The number of carbonyl (C=O) groups is 2. The maximum atomic E-state index is 12.2. The summed E-state index contributed by atoms with van der Waals surface area (Å²) in [5, 5.41) is 0.941. The van der Waals surface area contributed by atoms with Crippen LogP contribution in [0.4, 0.5) is 0 Å². The molecule has 0 amide bonds. The van der Waals surface area contributed by atoms with E-state index in [1.807, 2.05) is 18.2 Å². The Balaban J connectivity index is 2.34. The Bertz CT molecular complexity index is 646. The first-order valence-electron chi connectivity index (χ1n) is 6.65. The summed E-state index contributed by atoms with van der Waals surface area (Å²) >= 11 is 1.41. The third-order valence-electron chi connectivity index (χ3n) is 3.48. The number of hydrogen-bond acceptors (Lipinski definition) is 5. The van der Waals surface area contributed by atoms with Crippen LogP contribution < -0.4 is 9.47 Å². The van der Waals surface area contributed by atoms with E-state index in [4.69, 9.17) is 9.47 Å². The van der Waals surface area contributed by atoms with Crippen LogP contribution in [0.2, 0.25) is 0 Å². The van der Waals surface area contributed by atoms with Crippen molar-refractivity contribution in [2.24, 2.45) is 5.92 Å². The molecular weight excluding hydrogens is 288 g/mol. The van der Waals surface area contributed by atoms with Gasteiger partial charge in [-0.25, -0.2) is 0 Å².